The lowest BCUT2D eigenvalue weighted by atomic mass is 10.1. The third kappa shape index (κ3) is 2.89. The number of hydrogen-bond acceptors (Lipinski definition) is 3. The second-order valence-corrected chi connectivity index (χ2v) is 5.47. The first-order chi connectivity index (χ1) is 8.22. The molecule has 1 unspecified atom stereocenters. The van der Waals surface area contributed by atoms with Crippen LogP contribution in [0.5, 0.6) is 0 Å². The van der Waals surface area contributed by atoms with Gasteiger partial charge in [-0.3, -0.25) is 0 Å². The Morgan fingerprint density at radius 3 is 2.71 bits per heavy atom. The van der Waals surface area contributed by atoms with Crippen molar-refractivity contribution in [1.82, 2.24) is 0 Å². The van der Waals surface area contributed by atoms with E-state index in [4.69, 9.17) is 0 Å². The highest BCUT2D eigenvalue weighted by Crippen LogP contribution is 2.30. The fourth-order valence-electron chi connectivity index (χ4n) is 1.68. The molecule has 0 saturated carbocycles. The van der Waals surface area contributed by atoms with Crippen molar-refractivity contribution in [3.63, 3.8) is 0 Å². The minimum absolute atomic E-state index is 0.0725. The zero-order valence-electron chi connectivity index (χ0n) is 9.48. The Balaban J connectivity index is 2.22. The van der Waals surface area contributed by atoms with Crippen LogP contribution in [-0.2, 0) is 0 Å². The number of aliphatic hydroxyl groups excluding tert-OH is 1. The van der Waals surface area contributed by atoms with Gasteiger partial charge < -0.3 is 10.4 Å². The highest BCUT2D eigenvalue weighted by molar-refractivity contribution is 9.10. The number of hydrogen-bond donors (Lipinski definition) is 2. The maximum Gasteiger partial charge on any atom is 0.0764 e. The van der Waals surface area contributed by atoms with Crippen LogP contribution in [0.1, 0.15) is 17.2 Å². The normalized spacial score (nSPS) is 12.4. The number of anilines is 1. The molecular weight excluding hydrogens is 298 g/mol. The van der Waals surface area contributed by atoms with Crippen LogP contribution in [0.3, 0.4) is 0 Å². The molecular formula is C13H14BrNOS. The molecule has 2 aromatic rings. The first-order valence-corrected chi connectivity index (χ1v) is 7.10. The van der Waals surface area contributed by atoms with Crippen LogP contribution in [0, 0.1) is 6.92 Å². The van der Waals surface area contributed by atoms with Crippen LogP contribution < -0.4 is 5.32 Å². The molecule has 90 valence electrons. The average molecular weight is 312 g/mol. The van der Waals surface area contributed by atoms with Gasteiger partial charge in [0.25, 0.3) is 0 Å². The van der Waals surface area contributed by atoms with E-state index < -0.39 is 0 Å². The maximum absolute atomic E-state index is 9.50. The Hall–Kier alpha value is -0.840. The topological polar surface area (TPSA) is 32.3 Å². The minimum atomic E-state index is -0.0725. The molecule has 0 aliphatic rings. The molecule has 0 spiro atoms. The fraction of sp³-hybridized carbons (Fsp3) is 0.231. The van der Waals surface area contributed by atoms with Crippen LogP contribution in [0.2, 0.25) is 0 Å². The van der Waals surface area contributed by atoms with Gasteiger partial charge in [0.2, 0.25) is 0 Å². The summed E-state index contributed by atoms with van der Waals surface area (Å²) in [5.41, 5.74) is 3.34. The Morgan fingerprint density at radius 2 is 2.12 bits per heavy atom. The van der Waals surface area contributed by atoms with E-state index in [1.54, 1.807) is 11.3 Å². The van der Waals surface area contributed by atoms with Gasteiger partial charge in [0, 0.05) is 21.1 Å². The average Bonchev–Trinajstić information content (AvgIpc) is 2.75. The molecule has 1 aromatic carbocycles. The van der Waals surface area contributed by atoms with Crippen molar-refractivity contribution >= 4 is 33.0 Å². The highest BCUT2D eigenvalue weighted by Gasteiger charge is 2.14. The van der Waals surface area contributed by atoms with Gasteiger partial charge in [-0.1, -0.05) is 18.2 Å². The first-order valence-electron chi connectivity index (χ1n) is 5.37. The van der Waals surface area contributed by atoms with Crippen molar-refractivity contribution in [3.05, 3.63) is 50.6 Å². The predicted octanol–water partition coefficient (Wildman–Crippen LogP) is 3.96. The summed E-state index contributed by atoms with van der Waals surface area (Å²) in [6, 6.07) is 8.01. The van der Waals surface area contributed by atoms with E-state index in [1.807, 2.05) is 23.6 Å². The van der Waals surface area contributed by atoms with Crippen LogP contribution in [0.15, 0.2) is 39.5 Å². The molecule has 0 saturated heterocycles. The number of benzene rings is 1. The van der Waals surface area contributed by atoms with Gasteiger partial charge in [0.1, 0.15) is 0 Å². The van der Waals surface area contributed by atoms with Gasteiger partial charge in [-0.2, -0.15) is 11.3 Å². The van der Waals surface area contributed by atoms with Crippen molar-refractivity contribution < 1.29 is 5.11 Å². The van der Waals surface area contributed by atoms with Gasteiger partial charge >= 0.3 is 0 Å². The summed E-state index contributed by atoms with van der Waals surface area (Å²) in [6.45, 7) is 2.13. The first kappa shape index (κ1) is 12.6. The highest BCUT2D eigenvalue weighted by atomic mass is 79.9. The SMILES string of the molecule is Cc1ccccc1NC(CO)c1cscc1Br. The number of para-hydroxylation sites is 1. The van der Waals surface area contributed by atoms with Crippen molar-refractivity contribution in [2.24, 2.45) is 0 Å². The number of aryl methyl sites for hydroxylation is 1. The third-order valence-electron chi connectivity index (χ3n) is 2.68. The molecule has 1 aromatic heterocycles. The molecule has 1 heterocycles. The summed E-state index contributed by atoms with van der Waals surface area (Å²) in [7, 11) is 0. The molecule has 4 heteroatoms. The second kappa shape index (κ2) is 5.67. The summed E-state index contributed by atoms with van der Waals surface area (Å²) in [5.74, 6) is 0. The largest absolute Gasteiger partial charge is 0.394 e. The second-order valence-electron chi connectivity index (χ2n) is 3.87. The van der Waals surface area contributed by atoms with Crippen LogP contribution in [-0.4, -0.2) is 11.7 Å². The Morgan fingerprint density at radius 1 is 1.35 bits per heavy atom. The Kier molecular flexibility index (Phi) is 4.20. The molecule has 0 bridgehead atoms. The molecule has 1 atom stereocenters. The van der Waals surface area contributed by atoms with Gasteiger partial charge in [0.15, 0.2) is 0 Å². The number of thiophene rings is 1. The van der Waals surface area contributed by atoms with Crippen molar-refractivity contribution in [2.75, 3.05) is 11.9 Å². The van der Waals surface area contributed by atoms with Crippen LogP contribution in [0.4, 0.5) is 5.69 Å². The van der Waals surface area contributed by atoms with Gasteiger partial charge in [-0.25, -0.2) is 0 Å². The summed E-state index contributed by atoms with van der Waals surface area (Å²) in [6.07, 6.45) is 0. The quantitative estimate of drug-likeness (QED) is 0.895. The smallest absolute Gasteiger partial charge is 0.0764 e. The summed E-state index contributed by atoms with van der Waals surface area (Å²) >= 11 is 5.13. The maximum atomic E-state index is 9.50. The van der Waals surface area contributed by atoms with Crippen molar-refractivity contribution in [2.45, 2.75) is 13.0 Å². The van der Waals surface area contributed by atoms with Crippen molar-refractivity contribution in [3.8, 4) is 0 Å². The summed E-state index contributed by atoms with van der Waals surface area (Å²) in [5, 5.41) is 16.9. The Bertz CT molecular complexity index is 498. The van der Waals surface area contributed by atoms with Crippen LogP contribution >= 0.6 is 27.3 Å². The monoisotopic (exact) mass is 311 g/mol. The van der Waals surface area contributed by atoms with E-state index in [9.17, 15) is 5.11 Å². The zero-order chi connectivity index (χ0) is 12.3. The van der Waals surface area contributed by atoms with E-state index in [2.05, 4.69) is 39.6 Å². The molecule has 2 rings (SSSR count). The predicted molar refractivity (Wildman–Crippen MR) is 76.6 cm³/mol. The number of aliphatic hydroxyl groups is 1. The standard InChI is InChI=1S/C13H14BrNOS/c1-9-4-2-3-5-12(9)15-13(6-16)10-7-17-8-11(10)14/h2-5,7-8,13,15-16H,6H2,1H3. The van der Waals surface area contributed by atoms with E-state index in [1.165, 1.54) is 5.56 Å². The van der Waals surface area contributed by atoms with Crippen LogP contribution in [0.25, 0.3) is 0 Å². The van der Waals surface area contributed by atoms with Gasteiger partial charge in [-0.15, -0.1) is 0 Å². The molecule has 0 aliphatic carbocycles. The summed E-state index contributed by atoms with van der Waals surface area (Å²) < 4.78 is 1.04. The lowest BCUT2D eigenvalue weighted by Crippen LogP contribution is -2.15. The molecule has 17 heavy (non-hydrogen) atoms. The Labute approximate surface area is 113 Å². The van der Waals surface area contributed by atoms with E-state index in [0.717, 1.165) is 15.7 Å². The molecule has 0 fully saturated rings. The number of nitrogens with one attached hydrogen (secondary N) is 1. The molecule has 0 amide bonds. The van der Waals surface area contributed by atoms with E-state index in [0.29, 0.717) is 0 Å². The zero-order valence-corrected chi connectivity index (χ0v) is 11.9. The molecule has 2 nitrogen and oxygen atoms in total. The number of rotatable bonds is 4. The van der Waals surface area contributed by atoms with Gasteiger partial charge in [0.05, 0.1) is 12.6 Å². The molecule has 0 aliphatic heterocycles. The molecule has 0 radical (unpaired) electrons. The van der Waals surface area contributed by atoms with E-state index in [-0.39, 0.29) is 12.6 Å². The lowest BCUT2D eigenvalue weighted by Gasteiger charge is -2.18. The van der Waals surface area contributed by atoms with Crippen molar-refractivity contribution in [1.29, 1.82) is 0 Å². The van der Waals surface area contributed by atoms with E-state index >= 15 is 0 Å². The summed E-state index contributed by atoms with van der Waals surface area (Å²) in [4.78, 5) is 0. The lowest BCUT2D eigenvalue weighted by molar-refractivity contribution is 0.276. The fourth-order valence-corrected chi connectivity index (χ4v) is 3.31. The number of halogens is 1. The molecule has 2 N–H and O–H groups in total. The third-order valence-corrected chi connectivity index (χ3v) is 4.43. The van der Waals surface area contributed by atoms with Gasteiger partial charge in [-0.05, 0) is 39.9 Å². The minimum Gasteiger partial charge on any atom is -0.394 e.